The average molecular weight is 300 g/mol. The lowest BCUT2D eigenvalue weighted by Gasteiger charge is -2.09. The van der Waals surface area contributed by atoms with Gasteiger partial charge in [0, 0.05) is 22.8 Å². The number of halogens is 1. The predicted molar refractivity (Wildman–Crippen MR) is 82.9 cm³/mol. The number of nitrogens with zero attached hydrogens (tertiary/aromatic N) is 1. The van der Waals surface area contributed by atoms with E-state index in [9.17, 15) is 4.79 Å². The summed E-state index contributed by atoms with van der Waals surface area (Å²) >= 11 is 5.89. The van der Waals surface area contributed by atoms with Gasteiger partial charge in [-0.3, -0.25) is 4.79 Å². The highest BCUT2D eigenvalue weighted by Crippen LogP contribution is 2.18. The second kappa shape index (κ2) is 6.29. The van der Waals surface area contributed by atoms with E-state index in [1.54, 1.807) is 31.2 Å². The molecule has 0 saturated carbocycles. The van der Waals surface area contributed by atoms with Gasteiger partial charge in [-0.2, -0.15) is 5.26 Å². The Morgan fingerprint density at radius 1 is 1.38 bits per heavy atom. The molecule has 0 heterocycles. The van der Waals surface area contributed by atoms with Crippen LogP contribution in [0.5, 0.6) is 0 Å². The van der Waals surface area contributed by atoms with Gasteiger partial charge < -0.3 is 11.1 Å². The Kier molecular flexibility index (Phi) is 4.46. The number of nitrogens with two attached hydrogens (primary N) is 1. The van der Waals surface area contributed by atoms with Gasteiger partial charge in [-0.15, -0.1) is 0 Å². The fraction of sp³-hybridized carbons (Fsp3) is 0.125. The van der Waals surface area contributed by atoms with Gasteiger partial charge in [0.2, 0.25) is 0 Å². The Morgan fingerprint density at radius 2 is 2.14 bits per heavy atom. The van der Waals surface area contributed by atoms with Gasteiger partial charge in [-0.05, 0) is 42.3 Å². The molecule has 0 fully saturated rings. The van der Waals surface area contributed by atoms with E-state index < -0.39 is 0 Å². The van der Waals surface area contributed by atoms with Crippen molar-refractivity contribution < 1.29 is 4.79 Å². The molecule has 0 aliphatic heterocycles. The average Bonchev–Trinajstić information content (AvgIpc) is 2.47. The minimum absolute atomic E-state index is 0.279. The molecule has 2 aromatic carbocycles. The maximum Gasteiger partial charge on any atom is 0.251 e. The predicted octanol–water partition coefficient (Wildman–Crippen LogP) is 3.03. The van der Waals surface area contributed by atoms with Crippen molar-refractivity contribution >= 4 is 23.2 Å². The van der Waals surface area contributed by atoms with Crippen molar-refractivity contribution in [2.45, 2.75) is 13.5 Å². The zero-order valence-electron chi connectivity index (χ0n) is 11.5. The largest absolute Gasteiger partial charge is 0.398 e. The first kappa shape index (κ1) is 14.9. The van der Waals surface area contributed by atoms with Crippen molar-refractivity contribution in [3.05, 3.63) is 63.7 Å². The molecular formula is C16H14ClN3O. The fourth-order valence-electron chi connectivity index (χ4n) is 1.92. The van der Waals surface area contributed by atoms with Crippen molar-refractivity contribution in [1.82, 2.24) is 5.32 Å². The van der Waals surface area contributed by atoms with E-state index in [0.717, 1.165) is 5.56 Å². The number of carbonyl (C=O) groups excluding carboxylic acids is 1. The summed E-state index contributed by atoms with van der Waals surface area (Å²) in [5.74, 6) is -0.279. The van der Waals surface area contributed by atoms with Crippen LogP contribution in [-0.2, 0) is 6.54 Å². The zero-order chi connectivity index (χ0) is 15.4. The summed E-state index contributed by atoms with van der Waals surface area (Å²) in [6, 6.07) is 12.4. The Bertz CT molecular complexity index is 735. The molecular weight excluding hydrogens is 286 g/mol. The third-order valence-corrected chi connectivity index (χ3v) is 3.41. The monoisotopic (exact) mass is 299 g/mol. The van der Waals surface area contributed by atoms with E-state index in [2.05, 4.69) is 5.32 Å². The van der Waals surface area contributed by atoms with Crippen LogP contribution in [0.4, 0.5) is 5.69 Å². The number of amides is 1. The Balaban J connectivity index is 2.14. The van der Waals surface area contributed by atoms with Gasteiger partial charge >= 0.3 is 0 Å². The molecule has 3 N–H and O–H groups in total. The van der Waals surface area contributed by atoms with Crippen LogP contribution in [-0.4, -0.2) is 5.91 Å². The lowest BCUT2D eigenvalue weighted by molar-refractivity contribution is 0.0951. The summed E-state index contributed by atoms with van der Waals surface area (Å²) in [4.78, 5) is 12.1. The highest BCUT2D eigenvalue weighted by molar-refractivity contribution is 6.30. The topological polar surface area (TPSA) is 78.9 Å². The van der Waals surface area contributed by atoms with Crippen molar-refractivity contribution in [2.75, 3.05) is 5.73 Å². The van der Waals surface area contributed by atoms with E-state index in [1.165, 1.54) is 0 Å². The number of nitrogens with one attached hydrogen (secondary N) is 1. The van der Waals surface area contributed by atoms with Gasteiger partial charge in [0.25, 0.3) is 5.91 Å². The molecule has 0 unspecified atom stereocenters. The molecule has 0 radical (unpaired) electrons. The lowest BCUT2D eigenvalue weighted by atomic mass is 10.0. The SMILES string of the molecule is Cc1c(N)cc(C(=O)NCc2cccc(Cl)c2)cc1C#N. The third kappa shape index (κ3) is 3.53. The standard InChI is InChI=1S/C16H14ClN3O/c1-10-13(8-18)6-12(7-15(10)19)16(21)20-9-11-3-2-4-14(17)5-11/h2-7H,9,19H2,1H3,(H,20,21). The van der Waals surface area contributed by atoms with E-state index >= 15 is 0 Å². The summed E-state index contributed by atoms with van der Waals surface area (Å²) in [6.07, 6.45) is 0. The summed E-state index contributed by atoms with van der Waals surface area (Å²) < 4.78 is 0. The minimum atomic E-state index is -0.279. The molecule has 106 valence electrons. The second-order valence-electron chi connectivity index (χ2n) is 4.66. The molecule has 0 aromatic heterocycles. The first-order chi connectivity index (χ1) is 10.0. The fourth-order valence-corrected chi connectivity index (χ4v) is 2.13. The molecule has 21 heavy (non-hydrogen) atoms. The molecule has 5 heteroatoms. The second-order valence-corrected chi connectivity index (χ2v) is 5.10. The number of nitriles is 1. The normalized spacial score (nSPS) is 9.95. The number of rotatable bonds is 3. The zero-order valence-corrected chi connectivity index (χ0v) is 12.2. The molecule has 2 rings (SSSR count). The Hall–Kier alpha value is -2.51. The first-order valence-corrected chi connectivity index (χ1v) is 6.72. The molecule has 0 aliphatic rings. The molecule has 0 spiro atoms. The molecule has 2 aromatic rings. The highest BCUT2D eigenvalue weighted by Gasteiger charge is 2.11. The summed E-state index contributed by atoms with van der Waals surface area (Å²) in [5.41, 5.74) is 8.61. The van der Waals surface area contributed by atoms with Gasteiger partial charge in [0.1, 0.15) is 0 Å². The maximum absolute atomic E-state index is 12.1. The molecule has 0 aliphatic carbocycles. The van der Waals surface area contributed by atoms with Crippen LogP contribution < -0.4 is 11.1 Å². The van der Waals surface area contributed by atoms with Gasteiger partial charge in [0.15, 0.2) is 0 Å². The number of nitrogen functional groups attached to an aromatic ring is 1. The van der Waals surface area contributed by atoms with Crippen LogP contribution in [0.15, 0.2) is 36.4 Å². The molecule has 0 atom stereocenters. The number of hydrogen-bond donors (Lipinski definition) is 2. The molecule has 0 saturated heterocycles. The van der Waals surface area contributed by atoms with Gasteiger partial charge in [0.05, 0.1) is 11.6 Å². The van der Waals surface area contributed by atoms with Crippen molar-refractivity contribution in [3.63, 3.8) is 0 Å². The number of anilines is 1. The van der Waals surface area contributed by atoms with Crippen LogP contribution in [0, 0.1) is 18.3 Å². The van der Waals surface area contributed by atoms with Crippen molar-refractivity contribution in [2.24, 2.45) is 0 Å². The Labute approximate surface area is 128 Å². The first-order valence-electron chi connectivity index (χ1n) is 6.34. The van der Waals surface area contributed by atoms with Crippen molar-refractivity contribution in [3.8, 4) is 6.07 Å². The highest BCUT2D eigenvalue weighted by atomic mass is 35.5. The maximum atomic E-state index is 12.1. The van der Waals surface area contributed by atoms with E-state index in [4.69, 9.17) is 22.6 Å². The van der Waals surface area contributed by atoms with E-state index in [-0.39, 0.29) is 5.91 Å². The third-order valence-electron chi connectivity index (χ3n) is 3.17. The smallest absolute Gasteiger partial charge is 0.251 e. The van der Waals surface area contributed by atoms with Gasteiger partial charge in [-0.1, -0.05) is 23.7 Å². The quantitative estimate of drug-likeness (QED) is 0.855. The number of hydrogen-bond acceptors (Lipinski definition) is 3. The van der Waals surface area contributed by atoms with Crippen LogP contribution >= 0.6 is 11.6 Å². The number of carbonyl (C=O) groups is 1. The van der Waals surface area contributed by atoms with Crippen molar-refractivity contribution in [1.29, 1.82) is 5.26 Å². The van der Waals surface area contributed by atoms with Crippen LogP contribution in [0.3, 0.4) is 0 Å². The van der Waals surface area contributed by atoms with Crippen LogP contribution in [0.1, 0.15) is 27.0 Å². The minimum Gasteiger partial charge on any atom is -0.398 e. The number of benzene rings is 2. The summed E-state index contributed by atoms with van der Waals surface area (Å²) in [5, 5.41) is 12.4. The molecule has 0 bridgehead atoms. The lowest BCUT2D eigenvalue weighted by Crippen LogP contribution is -2.23. The summed E-state index contributed by atoms with van der Waals surface area (Å²) in [7, 11) is 0. The van der Waals surface area contributed by atoms with E-state index in [0.29, 0.717) is 33.9 Å². The van der Waals surface area contributed by atoms with Crippen LogP contribution in [0.2, 0.25) is 5.02 Å². The van der Waals surface area contributed by atoms with E-state index in [1.807, 2.05) is 18.2 Å². The molecule has 4 nitrogen and oxygen atoms in total. The van der Waals surface area contributed by atoms with Gasteiger partial charge in [-0.25, -0.2) is 0 Å². The summed E-state index contributed by atoms with van der Waals surface area (Å²) in [6.45, 7) is 2.11. The molecule has 1 amide bonds. The Morgan fingerprint density at radius 3 is 2.81 bits per heavy atom. The van der Waals surface area contributed by atoms with Crippen LogP contribution in [0.25, 0.3) is 0 Å².